The molecule has 14 nitrogen and oxygen atoms in total. The van der Waals surface area contributed by atoms with E-state index in [1.807, 2.05) is 6.92 Å². The number of ketones is 1. The molecule has 2 N–H and O–H groups in total. The molecule has 0 radical (unpaired) electrons. The highest BCUT2D eigenvalue weighted by atomic mass is 16.7. The average Bonchev–Trinajstić information content (AvgIpc) is 3.38. The number of Topliss-reactive ketones (excluding diaryl/α,β-unsaturated/α-hetero) is 1. The van der Waals surface area contributed by atoms with Gasteiger partial charge >= 0.3 is 23.9 Å². The Bertz CT molecular complexity index is 1620. The molecule has 0 amide bonds. The molecule has 2 saturated heterocycles. The number of aliphatic hydroxyl groups excluding tert-OH is 2. The van der Waals surface area contributed by atoms with Gasteiger partial charge in [0, 0.05) is 43.4 Å². The Hall–Kier alpha value is -3.33. The van der Waals surface area contributed by atoms with Crippen molar-refractivity contribution in [3.05, 3.63) is 24.2 Å². The van der Waals surface area contributed by atoms with Crippen LogP contribution in [0.5, 0.6) is 0 Å². The maximum Gasteiger partial charge on any atom is 0.310 e. The molecule has 14 heteroatoms. The Morgan fingerprint density at radius 2 is 1.58 bits per heavy atom. The molecule has 1 aromatic heterocycles. The SMILES string of the molecule is CC(=O)OC1C(OC(C)=O)C2(C)C(OC(=O)C(C)C)OCC3(C1O)C2CC(O)C1(C)C3C(=O)C(OC(C)=O)C2(C)C(c3ccoc3)CC3OC321. The summed E-state index contributed by atoms with van der Waals surface area (Å²) in [6, 6.07) is 1.80. The number of aliphatic hydroxyl groups is 2. The minimum absolute atomic E-state index is 0.0556. The fraction of sp³-hybridized carbons (Fsp3) is 0.750. The number of rotatable bonds is 6. The van der Waals surface area contributed by atoms with Crippen molar-refractivity contribution in [1.29, 1.82) is 0 Å². The van der Waals surface area contributed by atoms with Gasteiger partial charge in [0.2, 0.25) is 6.29 Å². The fourth-order valence-corrected chi connectivity index (χ4v) is 11.7. The van der Waals surface area contributed by atoms with Gasteiger partial charge in [-0.1, -0.05) is 27.7 Å². The molecule has 7 rings (SSSR count). The van der Waals surface area contributed by atoms with Crippen LogP contribution in [0, 0.1) is 39.4 Å². The second-order valence-corrected chi connectivity index (χ2v) is 16.1. The van der Waals surface area contributed by atoms with Gasteiger partial charge in [-0.3, -0.25) is 24.0 Å². The average molecular weight is 703 g/mol. The standard InChI is InChI=1S/C36H46O14/c1-15(2)30(43)49-31-32(6)21-12-22(40)34(8)26(35(21,14-45-31)27(42)25(46-16(3)37)29(32)48-18(5)39)24(41)28(47-17(4)38)33(7)20(19-9-10-44-13-19)11-23-36(33,34)50-23/h9-10,13,15,20-23,25-29,31,40,42H,11-12,14H2,1-8H3. The lowest BCUT2D eigenvalue weighted by atomic mass is 9.33. The third kappa shape index (κ3) is 4.07. The lowest BCUT2D eigenvalue weighted by Gasteiger charge is -2.73. The van der Waals surface area contributed by atoms with Crippen LogP contribution in [0.1, 0.15) is 79.7 Å². The first-order valence-corrected chi connectivity index (χ1v) is 17.3. The normalized spacial score (nSPS) is 48.3. The van der Waals surface area contributed by atoms with Crippen molar-refractivity contribution in [2.45, 2.75) is 123 Å². The number of hydrogen-bond acceptors (Lipinski definition) is 14. The fourth-order valence-electron chi connectivity index (χ4n) is 11.7. The summed E-state index contributed by atoms with van der Waals surface area (Å²) in [6.45, 7) is 11.7. The molecule has 6 aliphatic rings. The van der Waals surface area contributed by atoms with Crippen molar-refractivity contribution in [3.8, 4) is 0 Å². The lowest BCUT2D eigenvalue weighted by Crippen LogP contribution is -2.84. The minimum atomic E-state index is -1.70. The summed E-state index contributed by atoms with van der Waals surface area (Å²) in [5.41, 5.74) is -6.22. The molecule has 0 aromatic carbocycles. The number of epoxide rings is 1. The molecule has 2 bridgehead atoms. The predicted octanol–water partition coefficient (Wildman–Crippen LogP) is 2.21. The van der Waals surface area contributed by atoms with E-state index < -0.39 is 118 Å². The molecule has 1 spiro atoms. The van der Waals surface area contributed by atoms with E-state index in [1.54, 1.807) is 40.0 Å². The van der Waals surface area contributed by atoms with E-state index in [1.165, 1.54) is 13.2 Å². The lowest BCUT2D eigenvalue weighted by molar-refractivity contribution is -0.391. The van der Waals surface area contributed by atoms with E-state index in [2.05, 4.69) is 0 Å². The van der Waals surface area contributed by atoms with Gasteiger partial charge in [0.15, 0.2) is 24.1 Å². The number of hydrogen-bond donors (Lipinski definition) is 2. The van der Waals surface area contributed by atoms with E-state index in [0.29, 0.717) is 6.42 Å². The second-order valence-electron chi connectivity index (χ2n) is 16.1. The van der Waals surface area contributed by atoms with Crippen LogP contribution >= 0.6 is 0 Å². The molecule has 2 aliphatic heterocycles. The summed E-state index contributed by atoms with van der Waals surface area (Å²) in [4.78, 5) is 66.7. The summed E-state index contributed by atoms with van der Waals surface area (Å²) in [6.07, 6.45) is -5.64. The summed E-state index contributed by atoms with van der Waals surface area (Å²) in [5, 5.41) is 25.2. The van der Waals surface area contributed by atoms with Gasteiger partial charge in [-0.2, -0.15) is 0 Å². The van der Waals surface area contributed by atoms with Gasteiger partial charge in [0.25, 0.3) is 0 Å². The first kappa shape index (κ1) is 35.1. The van der Waals surface area contributed by atoms with Gasteiger partial charge < -0.3 is 43.1 Å². The highest BCUT2D eigenvalue weighted by Crippen LogP contribution is 2.83. The van der Waals surface area contributed by atoms with Crippen LogP contribution in [0.25, 0.3) is 0 Å². The predicted molar refractivity (Wildman–Crippen MR) is 166 cm³/mol. The van der Waals surface area contributed by atoms with Crippen LogP contribution in [0.15, 0.2) is 23.0 Å². The Morgan fingerprint density at radius 3 is 2.16 bits per heavy atom. The third-order valence-electron chi connectivity index (χ3n) is 13.6. The summed E-state index contributed by atoms with van der Waals surface area (Å²) >= 11 is 0. The second kappa shape index (κ2) is 11.1. The molecule has 4 saturated carbocycles. The van der Waals surface area contributed by atoms with Crippen LogP contribution in [-0.2, 0) is 52.4 Å². The van der Waals surface area contributed by atoms with Crippen LogP contribution < -0.4 is 0 Å². The molecular formula is C36H46O14. The van der Waals surface area contributed by atoms with Crippen molar-refractivity contribution in [1.82, 2.24) is 0 Å². The van der Waals surface area contributed by atoms with Crippen molar-refractivity contribution in [2.24, 2.45) is 39.4 Å². The first-order valence-electron chi connectivity index (χ1n) is 17.3. The number of esters is 4. The zero-order chi connectivity index (χ0) is 36.5. The quantitative estimate of drug-likeness (QED) is 0.249. The van der Waals surface area contributed by atoms with Crippen molar-refractivity contribution < 1.29 is 67.0 Å². The molecular weight excluding hydrogens is 656 g/mol. The highest BCUT2D eigenvalue weighted by molar-refractivity contribution is 5.93. The number of carbonyl (C=O) groups is 5. The van der Waals surface area contributed by atoms with Crippen molar-refractivity contribution >= 4 is 29.7 Å². The van der Waals surface area contributed by atoms with Gasteiger partial charge in [-0.15, -0.1) is 0 Å². The van der Waals surface area contributed by atoms with E-state index in [4.69, 9.17) is 32.8 Å². The Morgan fingerprint density at radius 1 is 0.920 bits per heavy atom. The van der Waals surface area contributed by atoms with Gasteiger partial charge in [-0.25, -0.2) is 0 Å². The van der Waals surface area contributed by atoms with Crippen LogP contribution in [0.4, 0.5) is 0 Å². The van der Waals surface area contributed by atoms with Gasteiger partial charge in [0.1, 0.15) is 11.7 Å². The van der Waals surface area contributed by atoms with Crippen LogP contribution in [0.2, 0.25) is 0 Å². The van der Waals surface area contributed by atoms with E-state index >= 15 is 4.79 Å². The van der Waals surface area contributed by atoms with Gasteiger partial charge in [-0.05, 0) is 37.3 Å². The zero-order valence-corrected chi connectivity index (χ0v) is 29.5. The summed E-state index contributed by atoms with van der Waals surface area (Å²) < 4.78 is 42.0. The number of ether oxygens (including phenoxy) is 6. The molecule has 274 valence electrons. The Balaban J connectivity index is 1.46. The molecule has 1 aromatic rings. The summed E-state index contributed by atoms with van der Waals surface area (Å²) in [7, 11) is 0. The first-order chi connectivity index (χ1) is 23.3. The minimum Gasteiger partial charge on any atom is -0.472 e. The zero-order valence-electron chi connectivity index (χ0n) is 29.5. The molecule has 15 unspecified atom stereocenters. The third-order valence-corrected chi connectivity index (χ3v) is 13.6. The molecule has 15 atom stereocenters. The van der Waals surface area contributed by atoms with E-state index in [0.717, 1.165) is 19.4 Å². The van der Waals surface area contributed by atoms with E-state index in [-0.39, 0.29) is 18.9 Å². The van der Waals surface area contributed by atoms with Gasteiger partial charge in [0.05, 0.1) is 48.1 Å². The van der Waals surface area contributed by atoms with Crippen molar-refractivity contribution in [2.75, 3.05) is 6.61 Å². The molecule has 3 heterocycles. The monoisotopic (exact) mass is 702 g/mol. The Labute approximate surface area is 289 Å². The van der Waals surface area contributed by atoms with Crippen LogP contribution in [-0.4, -0.2) is 95.0 Å². The van der Waals surface area contributed by atoms with Crippen LogP contribution in [0.3, 0.4) is 0 Å². The number of furan rings is 1. The molecule has 6 fully saturated rings. The number of fused-ring (bicyclic) bond motifs is 1. The Kier molecular flexibility index (Phi) is 7.78. The number of carbonyl (C=O) groups excluding carboxylic acids is 5. The molecule has 4 aliphatic carbocycles. The molecule has 50 heavy (non-hydrogen) atoms. The smallest absolute Gasteiger partial charge is 0.310 e. The maximum atomic E-state index is 15.5. The highest BCUT2D eigenvalue weighted by Gasteiger charge is 2.93. The maximum absolute atomic E-state index is 15.5. The van der Waals surface area contributed by atoms with E-state index in [9.17, 15) is 29.4 Å². The largest absolute Gasteiger partial charge is 0.472 e. The van der Waals surface area contributed by atoms with Crippen molar-refractivity contribution in [3.63, 3.8) is 0 Å². The summed E-state index contributed by atoms with van der Waals surface area (Å²) in [5.74, 6) is -6.59. The topological polar surface area (TPSA) is 198 Å².